The van der Waals surface area contributed by atoms with E-state index in [9.17, 15) is 5.11 Å². The van der Waals surface area contributed by atoms with Crippen molar-refractivity contribution in [2.75, 3.05) is 23.7 Å². The Morgan fingerprint density at radius 1 is 1.33 bits per heavy atom. The number of nitrogen functional groups attached to an aromatic ring is 1. The minimum atomic E-state index is -0.485. The summed E-state index contributed by atoms with van der Waals surface area (Å²) in [6.07, 6.45) is 5.09. The number of hydrogen-bond donors (Lipinski definition) is 2. The molecule has 5 heteroatoms. The third-order valence-corrected chi connectivity index (χ3v) is 3.39. The third-order valence-electron chi connectivity index (χ3n) is 3.39. The van der Waals surface area contributed by atoms with E-state index in [1.54, 1.807) is 17.1 Å². The van der Waals surface area contributed by atoms with Crippen molar-refractivity contribution in [1.29, 1.82) is 0 Å². The Labute approximate surface area is 126 Å². The highest BCUT2D eigenvalue weighted by Crippen LogP contribution is 2.15. The van der Waals surface area contributed by atoms with Crippen LogP contribution in [0.15, 0.2) is 42.7 Å². The second kappa shape index (κ2) is 7.69. The van der Waals surface area contributed by atoms with Crippen molar-refractivity contribution in [2.45, 2.75) is 32.4 Å². The fourth-order valence-corrected chi connectivity index (χ4v) is 2.32. The molecule has 1 aromatic carbocycles. The second-order valence-electron chi connectivity index (χ2n) is 5.28. The molecular formula is C16H24N4O. The molecule has 0 radical (unpaired) electrons. The number of benzene rings is 1. The van der Waals surface area contributed by atoms with Gasteiger partial charge in [0.2, 0.25) is 0 Å². The van der Waals surface area contributed by atoms with Crippen molar-refractivity contribution in [3.63, 3.8) is 0 Å². The predicted octanol–water partition coefficient (Wildman–Crippen LogP) is 2.13. The minimum Gasteiger partial charge on any atom is -0.396 e. The number of para-hydroxylation sites is 1. The topological polar surface area (TPSA) is 67.3 Å². The summed E-state index contributed by atoms with van der Waals surface area (Å²) in [4.78, 5) is 2.22. The maximum Gasteiger partial charge on any atom is 0.0910 e. The Balaban J connectivity index is 1.97. The third kappa shape index (κ3) is 4.79. The maximum atomic E-state index is 10.3. The van der Waals surface area contributed by atoms with Crippen LogP contribution in [0.4, 0.5) is 11.4 Å². The number of nitrogens with two attached hydrogens (primary N) is 1. The lowest BCUT2D eigenvalue weighted by atomic mass is 10.2. The number of nitrogens with zero attached hydrogens (tertiary/aromatic N) is 3. The number of unbranched alkanes of at least 4 members (excludes halogenated alkanes) is 1. The van der Waals surface area contributed by atoms with Crippen LogP contribution in [0.2, 0.25) is 0 Å². The van der Waals surface area contributed by atoms with Crippen LogP contribution in [0, 0.1) is 0 Å². The molecule has 0 saturated carbocycles. The number of aromatic nitrogens is 2. The Kier molecular flexibility index (Phi) is 5.63. The first-order valence-electron chi connectivity index (χ1n) is 7.45. The molecule has 0 aliphatic carbocycles. The fourth-order valence-electron chi connectivity index (χ4n) is 2.32. The number of hydrogen-bond acceptors (Lipinski definition) is 4. The van der Waals surface area contributed by atoms with Crippen molar-refractivity contribution in [2.24, 2.45) is 0 Å². The normalized spacial score (nSPS) is 12.3. The maximum absolute atomic E-state index is 10.3. The molecule has 1 heterocycles. The summed E-state index contributed by atoms with van der Waals surface area (Å²) in [5.41, 5.74) is 7.40. The van der Waals surface area contributed by atoms with E-state index in [1.807, 2.05) is 18.2 Å². The van der Waals surface area contributed by atoms with Gasteiger partial charge in [-0.05, 0) is 18.6 Å². The zero-order valence-electron chi connectivity index (χ0n) is 12.5. The molecule has 2 rings (SSSR count). The van der Waals surface area contributed by atoms with Crippen LogP contribution >= 0.6 is 0 Å². The molecular weight excluding hydrogens is 264 g/mol. The first kappa shape index (κ1) is 15.4. The number of aliphatic hydroxyl groups excluding tert-OH is 1. The molecule has 1 atom stereocenters. The molecule has 0 amide bonds. The summed E-state index contributed by atoms with van der Waals surface area (Å²) >= 11 is 0. The molecule has 1 aromatic heterocycles. The van der Waals surface area contributed by atoms with Gasteiger partial charge in [-0.15, -0.1) is 0 Å². The Hall–Kier alpha value is -2.01. The van der Waals surface area contributed by atoms with E-state index in [2.05, 4.69) is 29.1 Å². The highest BCUT2D eigenvalue weighted by Gasteiger charge is 2.13. The van der Waals surface area contributed by atoms with Crippen molar-refractivity contribution < 1.29 is 5.11 Å². The van der Waals surface area contributed by atoms with Crippen molar-refractivity contribution >= 4 is 11.4 Å². The molecule has 2 aromatic rings. The molecule has 1 unspecified atom stereocenters. The van der Waals surface area contributed by atoms with Gasteiger partial charge in [0.05, 0.1) is 24.5 Å². The van der Waals surface area contributed by atoms with Gasteiger partial charge in [0.1, 0.15) is 0 Å². The lowest BCUT2D eigenvalue weighted by Gasteiger charge is -2.27. The summed E-state index contributed by atoms with van der Waals surface area (Å²) in [7, 11) is 0. The molecule has 21 heavy (non-hydrogen) atoms. The van der Waals surface area contributed by atoms with Crippen molar-refractivity contribution in [3.8, 4) is 0 Å². The zero-order chi connectivity index (χ0) is 15.1. The minimum absolute atomic E-state index is 0.451. The summed E-state index contributed by atoms with van der Waals surface area (Å²) < 4.78 is 1.68. The van der Waals surface area contributed by atoms with Gasteiger partial charge in [-0.25, -0.2) is 0 Å². The molecule has 0 aliphatic rings. The standard InChI is InChI=1S/C16H24N4O/c1-2-3-9-19(15-7-5-4-6-8-15)12-16(21)13-20-11-14(17)10-18-20/h4-8,10-11,16,21H,2-3,9,12-13,17H2,1H3. The second-order valence-corrected chi connectivity index (χ2v) is 5.28. The molecule has 0 bridgehead atoms. The molecule has 5 nitrogen and oxygen atoms in total. The molecule has 0 saturated heterocycles. The van der Waals surface area contributed by atoms with Crippen molar-refractivity contribution in [3.05, 3.63) is 42.7 Å². The van der Waals surface area contributed by atoms with Gasteiger partial charge in [-0.3, -0.25) is 4.68 Å². The van der Waals surface area contributed by atoms with E-state index in [1.165, 1.54) is 0 Å². The Morgan fingerprint density at radius 3 is 2.71 bits per heavy atom. The highest BCUT2D eigenvalue weighted by atomic mass is 16.3. The first-order valence-corrected chi connectivity index (χ1v) is 7.45. The summed E-state index contributed by atoms with van der Waals surface area (Å²) in [6.45, 7) is 4.15. The van der Waals surface area contributed by atoms with Gasteiger partial charge in [0.15, 0.2) is 0 Å². The molecule has 0 aliphatic heterocycles. The van der Waals surface area contributed by atoms with E-state index in [0.29, 0.717) is 18.8 Å². The van der Waals surface area contributed by atoms with Crippen LogP contribution < -0.4 is 10.6 Å². The monoisotopic (exact) mass is 288 g/mol. The van der Waals surface area contributed by atoms with Crippen LogP contribution in [0.25, 0.3) is 0 Å². The Morgan fingerprint density at radius 2 is 2.10 bits per heavy atom. The largest absolute Gasteiger partial charge is 0.396 e. The average Bonchev–Trinajstić information content (AvgIpc) is 2.89. The Bertz CT molecular complexity index is 526. The highest BCUT2D eigenvalue weighted by molar-refractivity contribution is 5.46. The molecule has 114 valence electrons. The number of anilines is 2. The lowest BCUT2D eigenvalue weighted by molar-refractivity contribution is 0.154. The van der Waals surface area contributed by atoms with Crippen molar-refractivity contribution in [1.82, 2.24) is 9.78 Å². The van der Waals surface area contributed by atoms with E-state index < -0.39 is 6.10 Å². The van der Waals surface area contributed by atoms with E-state index in [-0.39, 0.29) is 0 Å². The number of rotatable bonds is 8. The van der Waals surface area contributed by atoms with Gasteiger partial charge in [-0.1, -0.05) is 31.5 Å². The van der Waals surface area contributed by atoms with E-state index in [4.69, 9.17) is 5.73 Å². The quantitative estimate of drug-likeness (QED) is 0.781. The fraction of sp³-hybridized carbons (Fsp3) is 0.438. The SMILES string of the molecule is CCCCN(CC(O)Cn1cc(N)cn1)c1ccccc1. The summed E-state index contributed by atoms with van der Waals surface area (Å²) in [5.74, 6) is 0. The van der Waals surface area contributed by atoms with E-state index >= 15 is 0 Å². The van der Waals surface area contributed by atoms with Crippen LogP contribution in [-0.4, -0.2) is 34.1 Å². The predicted molar refractivity (Wildman–Crippen MR) is 86.2 cm³/mol. The van der Waals surface area contributed by atoms with Gasteiger partial charge in [0, 0.05) is 25.0 Å². The smallest absolute Gasteiger partial charge is 0.0910 e. The average molecular weight is 288 g/mol. The summed E-state index contributed by atoms with van der Waals surface area (Å²) in [5, 5.41) is 14.4. The van der Waals surface area contributed by atoms with Gasteiger partial charge < -0.3 is 15.7 Å². The first-order chi connectivity index (χ1) is 10.2. The van der Waals surface area contributed by atoms with E-state index in [0.717, 1.165) is 25.1 Å². The van der Waals surface area contributed by atoms with Gasteiger partial charge in [0.25, 0.3) is 0 Å². The molecule has 0 fully saturated rings. The number of aliphatic hydroxyl groups is 1. The van der Waals surface area contributed by atoms with Crippen LogP contribution in [-0.2, 0) is 6.54 Å². The van der Waals surface area contributed by atoms with Crippen LogP contribution in [0.1, 0.15) is 19.8 Å². The van der Waals surface area contributed by atoms with Crippen LogP contribution in [0.3, 0.4) is 0 Å². The van der Waals surface area contributed by atoms with Gasteiger partial charge in [-0.2, -0.15) is 5.10 Å². The zero-order valence-corrected chi connectivity index (χ0v) is 12.5. The van der Waals surface area contributed by atoms with Gasteiger partial charge >= 0.3 is 0 Å². The van der Waals surface area contributed by atoms with Crippen LogP contribution in [0.5, 0.6) is 0 Å². The molecule has 3 N–H and O–H groups in total. The lowest BCUT2D eigenvalue weighted by Crippen LogP contribution is -2.35. The summed E-state index contributed by atoms with van der Waals surface area (Å²) in [6, 6.07) is 10.2. The molecule has 0 spiro atoms.